The molecule has 0 aliphatic carbocycles. The molecule has 0 aromatic carbocycles. The molecule has 19 heavy (non-hydrogen) atoms. The maximum Gasteiger partial charge on any atom is 0.407 e. The SMILES string of the molecule is CC(C)NCC[C@H](NC(=O)OC(C)(C)C)[Si](C)(C)C. The van der Waals surface area contributed by atoms with Gasteiger partial charge in [-0.15, -0.1) is 0 Å². The van der Waals surface area contributed by atoms with Crippen LogP contribution in [0.25, 0.3) is 0 Å². The normalized spacial score (nSPS) is 14.4. The fourth-order valence-electron chi connectivity index (χ4n) is 1.69. The molecule has 0 unspecified atom stereocenters. The highest BCUT2D eigenvalue weighted by molar-refractivity contribution is 6.77. The number of hydrogen-bond donors (Lipinski definition) is 2. The number of amides is 1. The fraction of sp³-hybridized carbons (Fsp3) is 0.929. The maximum absolute atomic E-state index is 11.9. The van der Waals surface area contributed by atoms with Crippen molar-refractivity contribution < 1.29 is 9.53 Å². The number of ether oxygens (including phenoxy) is 1. The quantitative estimate of drug-likeness (QED) is 0.738. The second-order valence-corrected chi connectivity index (χ2v) is 12.9. The number of nitrogens with one attached hydrogen (secondary N) is 2. The van der Waals surface area contributed by atoms with Crippen LogP contribution in [-0.4, -0.2) is 38.0 Å². The minimum Gasteiger partial charge on any atom is -0.444 e. The summed E-state index contributed by atoms with van der Waals surface area (Å²) in [7, 11) is -1.45. The summed E-state index contributed by atoms with van der Waals surface area (Å²) in [6, 6.07) is 0.476. The van der Waals surface area contributed by atoms with Gasteiger partial charge in [0.05, 0.1) is 8.07 Å². The molecular weight excluding hydrogens is 256 g/mol. The molecule has 0 fully saturated rings. The monoisotopic (exact) mass is 288 g/mol. The van der Waals surface area contributed by atoms with Crippen LogP contribution in [0.4, 0.5) is 4.79 Å². The molecule has 5 heteroatoms. The highest BCUT2D eigenvalue weighted by Crippen LogP contribution is 2.13. The molecule has 0 bridgehead atoms. The first-order valence-corrected chi connectivity index (χ1v) is 10.7. The fourth-order valence-corrected chi connectivity index (χ4v) is 3.25. The molecule has 0 aromatic heterocycles. The van der Waals surface area contributed by atoms with E-state index in [0.29, 0.717) is 6.04 Å². The lowest BCUT2D eigenvalue weighted by Crippen LogP contribution is -2.53. The second-order valence-electron chi connectivity index (χ2n) is 7.46. The first kappa shape index (κ1) is 18.4. The van der Waals surface area contributed by atoms with Crippen molar-refractivity contribution in [3.05, 3.63) is 0 Å². The number of rotatable bonds is 6. The van der Waals surface area contributed by atoms with E-state index in [1.165, 1.54) is 0 Å². The summed E-state index contributed by atoms with van der Waals surface area (Å²) in [5.41, 5.74) is -0.210. The van der Waals surface area contributed by atoms with E-state index < -0.39 is 13.7 Å². The summed E-state index contributed by atoms with van der Waals surface area (Å²) < 4.78 is 5.34. The Kier molecular flexibility index (Phi) is 7.08. The highest BCUT2D eigenvalue weighted by Gasteiger charge is 2.29. The van der Waals surface area contributed by atoms with Crippen LogP contribution in [0.2, 0.25) is 19.6 Å². The summed E-state index contributed by atoms with van der Waals surface area (Å²) >= 11 is 0. The van der Waals surface area contributed by atoms with Gasteiger partial charge in [-0.25, -0.2) is 4.79 Å². The molecule has 0 aliphatic heterocycles. The van der Waals surface area contributed by atoms with Crippen molar-refractivity contribution >= 4 is 14.2 Å². The highest BCUT2D eigenvalue weighted by atomic mass is 28.3. The number of carbonyl (C=O) groups excluding carboxylic acids is 1. The molecule has 0 saturated heterocycles. The number of carbonyl (C=O) groups is 1. The molecule has 0 radical (unpaired) electrons. The van der Waals surface area contributed by atoms with E-state index >= 15 is 0 Å². The van der Waals surface area contributed by atoms with Gasteiger partial charge < -0.3 is 15.4 Å². The first-order valence-electron chi connectivity index (χ1n) is 7.14. The van der Waals surface area contributed by atoms with Gasteiger partial charge in [-0.3, -0.25) is 0 Å². The molecule has 1 atom stereocenters. The minimum absolute atomic E-state index is 0.230. The van der Waals surface area contributed by atoms with Crippen molar-refractivity contribution in [1.82, 2.24) is 10.6 Å². The molecular formula is C14H32N2O2Si. The third kappa shape index (κ3) is 9.96. The minimum atomic E-state index is -1.45. The Morgan fingerprint density at radius 3 is 2.11 bits per heavy atom. The van der Waals surface area contributed by atoms with Crippen LogP contribution in [-0.2, 0) is 4.74 Å². The van der Waals surface area contributed by atoms with Crippen molar-refractivity contribution in [2.24, 2.45) is 0 Å². The molecule has 0 aromatic rings. The van der Waals surface area contributed by atoms with Gasteiger partial charge in [-0.05, 0) is 33.7 Å². The molecule has 0 aliphatic rings. The molecule has 4 nitrogen and oxygen atoms in total. The van der Waals surface area contributed by atoms with E-state index in [0.717, 1.165) is 13.0 Å². The van der Waals surface area contributed by atoms with Crippen LogP contribution in [0.1, 0.15) is 41.0 Å². The average molecular weight is 289 g/mol. The zero-order chi connectivity index (χ0) is 15.3. The van der Waals surface area contributed by atoms with Crippen molar-refractivity contribution in [2.75, 3.05) is 6.54 Å². The van der Waals surface area contributed by atoms with Crippen molar-refractivity contribution in [1.29, 1.82) is 0 Å². The van der Waals surface area contributed by atoms with Crippen LogP contribution in [0, 0.1) is 0 Å². The van der Waals surface area contributed by atoms with Crippen LogP contribution in [0.3, 0.4) is 0 Å². The summed E-state index contributed by atoms with van der Waals surface area (Å²) in [5.74, 6) is 0. The Bertz CT molecular complexity index is 280. The van der Waals surface area contributed by atoms with E-state index in [4.69, 9.17) is 4.74 Å². The summed E-state index contributed by atoms with van der Waals surface area (Å²) in [5, 5.41) is 6.45. The predicted molar refractivity (Wildman–Crippen MR) is 84.3 cm³/mol. The molecule has 0 spiro atoms. The van der Waals surface area contributed by atoms with Crippen molar-refractivity contribution in [3.8, 4) is 0 Å². The largest absolute Gasteiger partial charge is 0.444 e. The van der Waals surface area contributed by atoms with Crippen LogP contribution in [0.5, 0.6) is 0 Å². The lowest BCUT2D eigenvalue weighted by Gasteiger charge is -2.31. The Morgan fingerprint density at radius 2 is 1.74 bits per heavy atom. The lowest BCUT2D eigenvalue weighted by molar-refractivity contribution is 0.0517. The third-order valence-electron chi connectivity index (χ3n) is 2.72. The Balaban J connectivity index is 4.41. The van der Waals surface area contributed by atoms with Gasteiger partial charge in [0.15, 0.2) is 0 Å². The second kappa shape index (κ2) is 7.29. The van der Waals surface area contributed by atoms with Crippen molar-refractivity contribution in [3.63, 3.8) is 0 Å². The predicted octanol–water partition coefficient (Wildman–Crippen LogP) is 3.15. The van der Waals surface area contributed by atoms with Gasteiger partial charge in [-0.1, -0.05) is 33.5 Å². The maximum atomic E-state index is 11.9. The van der Waals surface area contributed by atoms with Gasteiger partial charge in [0, 0.05) is 11.7 Å². The summed E-state index contributed by atoms with van der Waals surface area (Å²) in [6.45, 7) is 17.6. The Hall–Kier alpha value is -0.553. The smallest absolute Gasteiger partial charge is 0.407 e. The lowest BCUT2D eigenvalue weighted by atomic mass is 10.2. The van der Waals surface area contributed by atoms with Gasteiger partial charge in [0.25, 0.3) is 0 Å². The van der Waals surface area contributed by atoms with Crippen LogP contribution < -0.4 is 10.6 Å². The van der Waals surface area contributed by atoms with Gasteiger partial charge >= 0.3 is 6.09 Å². The van der Waals surface area contributed by atoms with Gasteiger partial charge in [0.2, 0.25) is 0 Å². The zero-order valence-corrected chi connectivity index (χ0v) is 14.9. The molecule has 0 heterocycles. The van der Waals surface area contributed by atoms with Gasteiger partial charge in [-0.2, -0.15) is 0 Å². The van der Waals surface area contributed by atoms with E-state index in [-0.39, 0.29) is 11.8 Å². The van der Waals surface area contributed by atoms with Crippen LogP contribution >= 0.6 is 0 Å². The van der Waals surface area contributed by atoms with E-state index in [1.807, 2.05) is 20.8 Å². The number of alkyl carbamates (subject to hydrolysis) is 1. The van der Waals surface area contributed by atoms with Crippen LogP contribution in [0.15, 0.2) is 0 Å². The van der Waals surface area contributed by atoms with E-state index in [1.54, 1.807) is 0 Å². The Labute approximate surface area is 119 Å². The molecule has 0 saturated carbocycles. The zero-order valence-electron chi connectivity index (χ0n) is 13.9. The van der Waals surface area contributed by atoms with Gasteiger partial charge in [0.1, 0.15) is 5.60 Å². The molecule has 0 rings (SSSR count). The Morgan fingerprint density at radius 1 is 1.21 bits per heavy atom. The topological polar surface area (TPSA) is 50.4 Å². The molecule has 1 amide bonds. The molecule has 114 valence electrons. The summed E-state index contributed by atoms with van der Waals surface area (Å²) in [4.78, 5) is 11.9. The molecule has 2 N–H and O–H groups in total. The van der Waals surface area contributed by atoms with E-state index in [2.05, 4.69) is 44.1 Å². The number of hydrogen-bond acceptors (Lipinski definition) is 3. The van der Waals surface area contributed by atoms with E-state index in [9.17, 15) is 4.79 Å². The summed E-state index contributed by atoms with van der Waals surface area (Å²) in [6.07, 6.45) is 0.650. The average Bonchev–Trinajstić information content (AvgIpc) is 2.10. The first-order chi connectivity index (χ1) is 8.42. The standard InChI is InChI=1S/C14H32N2O2Si/c1-11(2)15-10-9-12(19(6,7)8)16-13(17)18-14(3,4)5/h11-12,15H,9-10H2,1-8H3,(H,16,17)/t12-/m1/s1. The third-order valence-corrected chi connectivity index (χ3v) is 5.25. The van der Waals surface area contributed by atoms with Crippen molar-refractivity contribution in [2.45, 2.75) is 78.0 Å².